The van der Waals surface area contributed by atoms with Gasteiger partial charge < -0.3 is 14.0 Å². The Morgan fingerprint density at radius 2 is 1.78 bits per heavy atom. The molecular formula is C26H28FN7O3. The summed E-state index contributed by atoms with van der Waals surface area (Å²) in [5.74, 6) is -0.362. The molecule has 4 aromatic rings. The Kier molecular flexibility index (Phi) is 5.22. The number of rotatable bonds is 2. The maximum atomic E-state index is 14.6. The van der Waals surface area contributed by atoms with E-state index >= 15 is 0 Å². The van der Waals surface area contributed by atoms with E-state index in [1.54, 1.807) is 36.0 Å². The van der Waals surface area contributed by atoms with Crippen molar-refractivity contribution in [2.75, 3.05) is 18.0 Å². The molecule has 6 heterocycles. The fourth-order valence-electron chi connectivity index (χ4n) is 5.35. The Hall–Kier alpha value is -4.02. The zero-order valence-electron chi connectivity index (χ0n) is 21.2. The molecule has 2 bridgehead atoms. The van der Waals surface area contributed by atoms with Crippen molar-refractivity contribution in [2.24, 2.45) is 0 Å². The van der Waals surface area contributed by atoms with Crippen LogP contribution in [0.4, 0.5) is 14.9 Å². The quantitative estimate of drug-likeness (QED) is 0.412. The zero-order valence-corrected chi connectivity index (χ0v) is 21.2. The lowest BCUT2D eigenvalue weighted by molar-refractivity contribution is 0.0123. The van der Waals surface area contributed by atoms with Gasteiger partial charge in [0.05, 0.1) is 23.5 Å². The number of aryl methyl sites for hydroxylation is 1. The number of carbonyl (C=O) groups excluding carboxylic acids is 1. The number of hydrogen-bond acceptors (Lipinski definition) is 7. The monoisotopic (exact) mass is 505 g/mol. The molecule has 2 aliphatic heterocycles. The maximum Gasteiger partial charge on any atom is 0.410 e. The standard InChI is InChI=1S/C26H28FN7O3/c1-15-10-32-11-16(9-20(27)23(32)28-15)22-29-21-8-7-17(14-33(21)24(35)30-22)31-12-18-5-6-19(13-31)34(18)25(36)37-26(2,3)4/h7-11,14,18-19H,5-6,12-13H2,1-4H3. The van der Waals surface area contributed by atoms with Crippen molar-refractivity contribution in [3.05, 3.63) is 58.8 Å². The van der Waals surface area contributed by atoms with Crippen LogP contribution in [0, 0.1) is 12.7 Å². The van der Waals surface area contributed by atoms with Gasteiger partial charge in [0, 0.05) is 37.2 Å². The molecule has 10 nitrogen and oxygen atoms in total. The van der Waals surface area contributed by atoms with Crippen LogP contribution in [0.3, 0.4) is 0 Å². The lowest BCUT2D eigenvalue weighted by atomic mass is 10.1. The van der Waals surface area contributed by atoms with Gasteiger partial charge in [0.2, 0.25) is 0 Å². The van der Waals surface area contributed by atoms with E-state index in [2.05, 4.69) is 19.9 Å². The average molecular weight is 506 g/mol. The SMILES string of the molecule is Cc1cn2cc(-c3nc(=O)n4cc(N5CC6CCC(C5)N6C(=O)OC(C)(C)C)ccc4n3)cc(F)c2n1. The van der Waals surface area contributed by atoms with Crippen LogP contribution in [0.15, 0.2) is 41.6 Å². The van der Waals surface area contributed by atoms with Gasteiger partial charge in [-0.2, -0.15) is 4.98 Å². The molecule has 11 heteroatoms. The van der Waals surface area contributed by atoms with E-state index in [1.807, 2.05) is 31.7 Å². The molecule has 0 aromatic carbocycles. The Labute approximate surface area is 212 Å². The van der Waals surface area contributed by atoms with Gasteiger partial charge in [0.25, 0.3) is 0 Å². The molecule has 2 atom stereocenters. The molecule has 0 radical (unpaired) electrons. The van der Waals surface area contributed by atoms with Crippen molar-refractivity contribution < 1.29 is 13.9 Å². The first-order chi connectivity index (χ1) is 17.6. The first-order valence-corrected chi connectivity index (χ1v) is 12.4. The Balaban J connectivity index is 1.28. The molecule has 192 valence electrons. The van der Waals surface area contributed by atoms with Crippen molar-refractivity contribution >= 4 is 23.1 Å². The molecule has 0 aliphatic carbocycles. The molecule has 1 amide bonds. The molecule has 0 saturated carbocycles. The third-order valence-electron chi connectivity index (χ3n) is 6.88. The highest BCUT2D eigenvalue weighted by Crippen LogP contribution is 2.34. The average Bonchev–Trinajstić information content (AvgIpc) is 3.33. The van der Waals surface area contributed by atoms with Crippen molar-refractivity contribution in [1.82, 2.24) is 28.7 Å². The van der Waals surface area contributed by atoms with E-state index in [1.165, 1.54) is 10.5 Å². The Bertz CT molecular complexity index is 1590. The van der Waals surface area contributed by atoms with Crippen LogP contribution in [0.1, 0.15) is 39.3 Å². The number of pyridine rings is 2. The predicted molar refractivity (Wildman–Crippen MR) is 135 cm³/mol. The maximum absolute atomic E-state index is 14.6. The lowest BCUT2D eigenvalue weighted by Gasteiger charge is -2.42. The van der Waals surface area contributed by atoms with E-state index in [9.17, 15) is 14.0 Å². The summed E-state index contributed by atoms with van der Waals surface area (Å²) in [6.07, 6.45) is 6.66. The lowest BCUT2D eigenvalue weighted by Crippen LogP contribution is -2.56. The van der Waals surface area contributed by atoms with Gasteiger partial charge in [-0.1, -0.05) is 0 Å². The van der Waals surface area contributed by atoms with Crippen LogP contribution in [0.25, 0.3) is 22.7 Å². The van der Waals surface area contributed by atoms with Gasteiger partial charge in [-0.3, -0.25) is 4.90 Å². The molecule has 37 heavy (non-hydrogen) atoms. The zero-order chi connectivity index (χ0) is 26.1. The summed E-state index contributed by atoms with van der Waals surface area (Å²) in [6, 6.07) is 5.08. The largest absolute Gasteiger partial charge is 0.444 e. The molecular weight excluding hydrogens is 477 g/mol. The number of piperazine rings is 1. The summed E-state index contributed by atoms with van der Waals surface area (Å²) in [6.45, 7) is 8.70. The van der Waals surface area contributed by atoms with E-state index in [0.29, 0.717) is 30.0 Å². The fraction of sp³-hybridized carbons (Fsp3) is 0.423. The molecule has 2 saturated heterocycles. The summed E-state index contributed by atoms with van der Waals surface area (Å²) in [5.41, 5.74) is 1.51. The predicted octanol–water partition coefficient (Wildman–Crippen LogP) is 3.44. The summed E-state index contributed by atoms with van der Waals surface area (Å²) < 4.78 is 23.2. The number of amides is 1. The van der Waals surface area contributed by atoms with E-state index in [0.717, 1.165) is 18.5 Å². The molecule has 4 aromatic heterocycles. The third-order valence-corrected chi connectivity index (χ3v) is 6.88. The number of nitrogens with zero attached hydrogens (tertiary/aromatic N) is 7. The number of anilines is 1. The van der Waals surface area contributed by atoms with Gasteiger partial charge in [-0.05, 0) is 58.7 Å². The normalized spacial score (nSPS) is 19.7. The molecule has 0 N–H and O–H groups in total. The van der Waals surface area contributed by atoms with Gasteiger partial charge in [0.15, 0.2) is 17.3 Å². The highest BCUT2D eigenvalue weighted by Gasteiger charge is 2.44. The second-order valence-electron chi connectivity index (χ2n) is 10.8. The second-order valence-corrected chi connectivity index (χ2v) is 10.8. The van der Waals surface area contributed by atoms with Gasteiger partial charge in [0.1, 0.15) is 11.2 Å². The van der Waals surface area contributed by atoms with Crippen molar-refractivity contribution in [2.45, 2.75) is 58.2 Å². The van der Waals surface area contributed by atoms with Gasteiger partial charge >= 0.3 is 11.8 Å². The number of carbonyl (C=O) groups is 1. The third kappa shape index (κ3) is 4.17. The minimum Gasteiger partial charge on any atom is -0.444 e. The molecule has 2 unspecified atom stereocenters. The summed E-state index contributed by atoms with van der Waals surface area (Å²) in [5, 5.41) is 0. The number of aromatic nitrogens is 5. The Morgan fingerprint density at radius 3 is 2.49 bits per heavy atom. The molecule has 6 rings (SSSR count). The number of imidazole rings is 1. The van der Waals surface area contributed by atoms with Crippen LogP contribution in [0.2, 0.25) is 0 Å². The Morgan fingerprint density at radius 1 is 1.05 bits per heavy atom. The van der Waals surface area contributed by atoms with Crippen LogP contribution < -0.4 is 10.6 Å². The first-order valence-electron chi connectivity index (χ1n) is 12.4. The van der Waals surface area contributed by atoms with Crippen LogP contribution >= 0.6 is 0 Å². The summed E-state index contributed by atoms with van der Waals surface area (Å²) in [4.78, 5) is 42.6. The highest BCUT2D eigenvalue weighted by molar-refractivity contribution is 5.70. The van der Waals surface area contributed by atoms with E-state index < -0.39 is 17.1 Å². The number of halogens is 1. The fourth-order valence-corrected chi connectivity index (χ4v) is 5.35. The van der Waals surface area contributed by atoms with Crippen LogP contribution in [0.5, 0.6) is 0 Å². The smallest absolute Gasteiger partial charge is 0.410 e. The van der Waals surface area contributed by atoms with E-state index in [-0.39, 0.29) is 29.6 Å². The number of hydrogen-bond donors (Lipinski definition) is 0. The number of fused-ring (bicyclic) bond motifs is 4. The topological polar surface area (TPSA) is 97.3 Å². The van der Waals surface area contributed by atoms with Crippen molar-refractivity contribution in [3.63, 3.8) is 0 Å². The first kappa shape index (κ1) is 23.4. The van der Waals surface area contributed by atoms with E-state index in [4.69, 9.17) is 4.74 Å². The number of ether oxygens (including phenoxy) is 1. The van der Waals surface area contributed by atoms with Gasteiger partial charge in [-0.15, -0.1) is 0 Å². The van der Waals surface area contributed by atoms with Gasteiger partial charge in [-0.25, -0.2) is 28.3 Å². The molecule has 2 aliphatic rings. The molecule has 0 spiro atoms. The molecule has 2 fully saturated rings. The minimum atomic E-state index is -0.540. The van der Waals surface area contributed by atoms with Crippen LogP contribution in [-0.2, 0) is 4.74 Å². The van der Waals surface area contributed by atoms with Crippen molar-refractivity contribution in [3.8, 4) is 11.4 Å². The van der Waals surface area contributed by atoms with Crippen LogP contribution in [-0.4, -0.2) is 65.5 Å². The highest BCUT2D eigenvalue weighted by atomic mass is 19.1. The van der Waals surface area contributed by atoms with Crippen molar-refractivity contribution in [1.29, 1.82) is 0 Å². The second kappa shape index (κ2) is 8.25. The summed E-state index contributed by atoms with van der Waals surface area (Å²) >= 11 is 0. The summed E-state index contributed by atoms with van der Waals surface area (Å²) in [7, 11) is 0. The minimum absolute atomic E-state index is 0.0521.